The molecule has 0 radical (unpaired) electrons. The van der Waals surface area contributed by atoms with Crippen molar-refractivity contribution in [1.29, 1.82) is 0 Å². The van der Waals surface area contributed by atoms with Crippen LogP contribution in [0, 0.1) is 6.92 Å². The molecule has 5 nitrogen and oxygen atoms in total. The van der Waals surface area contributed by atoms with Gasteiger partial charge in [0, 0.05) is 43.7 Å². The van der Waals surface area contributed by atoms with Crippen LogP contribution in [0.4, 0.5) is 5.69 Å². The van der Waals surface area contributed by atoms with Gasteiger partial charge in [0.1, 0.15) is 5.82 Å². The number of imidazole rings is 1. The summed E-state index contributed by atoms with van der Waals surface area (Å²) in [5.41, 5.74) is 7.91. The topological polar surface area (TPSA) is 72.9 Å². The number of aryl methyl sites for hydroxylation is 2. The molecule has 0 saturated carbocycles. The second kappa shape index (κ2) is 5.56. The molecule has 1 amide bonds. The highest BCUT2D eigenvalue weighted by Crippen LogP contribution is 2.11. The van der Waals surface area contributed by atoms with Gasteiger partial charge in [0.05, 0.1) is 0 Å². The average Bonchev–Trinajstić information content (AvgIpc) is 2.74. The Balaban J connectivity index is 1.92. The molecular formula is C14H18N4O. The van der Waals surface area contributed by atoms with Crippen molar-refractivity contribution in [1.82, 2.24) is 14.9 Å². The van der Waals surface area contributed by atoms with Crippen molar-refractivity contribution in [3.63, 3.8) is 0 Å². The maximum absolute atomic E-state index is 12.0. The number of carbonyl (C=O) groups excluding carboxylic acids is 1. The Morgan fingerprint density at radius 3 is 2.84 bits per heavy atom. The molecule has 0 aliphatic rings. The van der Waals surface area contributed by atoms with Gasteiger partial charge >= 0.3 is 0 Å². The lowest BCUT2D eigenvalue weighted by Crippen LogP contribution is -2.26. The summed E-state index contributed by atoms with van der Waals surface area (Å²) in [6, 6.07) is 5.35. The quantitative estimate of drug-likeness (QED) is 0.811. The monoisotopic (exact) mass is 258 g/mol. The number of anilines is 1. The largest absolute Gasteiger partial charge is 0.399 e. The zero-order valence-corrected chi connectivity index (χ0v) is 11.2. The van der Waals surface area contributed by atoms with Crippen molar-refractivity contribution in [2.75, 3.05) is 12.3 Å². The summed E-state index contributed by atoms with van der Waals surface area (Å²) in [6.45, 7) is 2.47. The van der Waals surface area contributed by atoms with Crippen molar-refractivity contribution in [2.24, 2.45) is 7.05 Å². The van der Waals surface area contributed by atoms with Gasteiger partial charge in [0.15, 0.2) is 0 Å². The number of nitrogens with one attached hydrogen (secondary N) is 1. The van der Waals surface area contributed by atoms with Crippen molar-refractivity contribution < 1.29 is 4.79 Å². The van der Waals surface area contributed by atoms with Gasteiger partial charge in [-0.25, -0.2) is 4.98 Å². The minimum atomic E-state index is -0.107. The van der Waals surface area contributed by atoms with E-state index in [0.29, 0.717) is 24.2 Å². The Bertz CT molecular complexity index is 569. The summed E-state index contributed by atoms with van der Waals surface area (Å²) >= 11 is 0. The molecule has 0 spiro atoms. The molecule has 5 heteroatoms. The maximum Gasteiger partial charge on any atom is 0.251 e. The van der Waals surface area contributed by atoms with E-state index in [0.717, 1.165) is 11.4 Å². The Morgan fingerprint density at radius 1 is 1.42 bits per heavy atom. The first kappa shape index (κ1) is 13.1. The molecule has 1 heterocycles. The summed E-state index contributed by atoms with van der Waals surface area (Å²) in [6.07, 6.45) is 4.34. The Hall–Kier alpha value is -2.30. The van der Waals surface area contributed by atoms with Gasteiger partial charge in [-0.2, -0.15) is 0 Å². The number of nitrogen functional groups attached to an aromatic ring is 1. The van der Waals surface area contributed by atoms with Crippen molar-refractivity contribution in [2.45, 2.75) is 13.3 Å². The molecule has 0 bridgehead atoms. The number of carbonyl (C=O) groups is 1. The van der Waals surface area contributed by atoms with Crippen LogP contribution in [0.2, 0.25) is 0 Å². The summed E-state index contributed by atoms with van der Waals surface area (Å²) in [7, 11) is 1.94. The van der Waals surface area contributed by atoms with Gasteiger partial charge in [0.2, 0.25) is 0 Å². The molecule has 100 valence electrons. The van der Waals surface area contributed by atoms with Gasteiger partial charge in [-0.1, -0.05) is 0 Å². The second-order valence-electron chi connectivity index (χ2n) is 4.59. The first-order valence-electron chi connectivity index (χ1n) is 6.18. The number of hydrogen-bond acceptors (Lipinski definition) is 3. The van der Waals surface area contributed by atoms with E-state index in [-0.39, 0.29) is 5.91 Å². The molecule has 0 atom stereocenters. The highest BCUT2D eigenvalue weighted by atomic mass is 16.1. The normalized spacial score (nSPS) is 10.4. The lowest BCUT2D eigenvalue weighted by molar-refractivity contribution is 0.0954. The van der Waals surface area contributed by atoms with Crippen LogP contribution in [0.5, 0.6) is 0 Å². The van der Waals surface area contributed by atoms with Crippen molar-refractivity contribution >= 4 is 11.6 Å². The molecule has 0 saturated heterocycles. The first-order valence-corrected chi connectivity index (χ1v) is 6.18. The number of nitrogens with two attached hydrogens (primary N) is 1. The van der Waals surface area contributed by atoms with Gasteiger partial charge < -0.3 is 15.6 Å². The fraction of sp³-hybridized carbons (Fsp3) is 0.286. The van der Waals surface area contributed by atoms with Crippen LogP contribution in [0.15, 0.2) is 30.6 Å². The smallest absolute Gasteiger partial charge is 0.251 e. The van der Waals surface area contributed by atoms with Crippen LogP contribution in [0.1, 0.15) is 21.7 Å². The fourth-order valence-electron chi connectivity index (χ4n) is 1.97. The molecule has 1 aromatic carbocycles. The first-order chi connectivity index (χ1) is 9.06. The molecule has 0 unspecified atom stereocenters. The SMILES string of the molecule is Cc1cc(N)cc(C(=O)NCCc2nccn2C)c1. The second-order valence-corrected chi connectivity index (χ2v) is 4.59. The average molecular weight is 258 g/mol. The van der Waals surface area contributed by atoms with E-state index >= 15 is 0 Å². The number of amides is 1. The van der Waals surface area contributed by atoms with E-state index in [4.69, 9.17) is 5.73 Å². The molecule has 2 aromatic rings. The van der Waals surface area contributed by atoms with E-state index in [2.05, 4.69) is 10.3 Å². The summed E-state index contributed by atoms with van der Waals surface area (Å²) in [5.74, 6) is 0.841. The highest BCUT2D eigenvalue weighted by Gasteiger charge is 2.07. The number of rotatable bonds is 4. The Kier molecular flexibility index (Phi) is 3.85. The van der Waals surface area contributed by atoms with Crippen molar-refractivity contribution in [3.05, 3.63) is 47.5 Å². The van der Waals surface area contributed by atoms with Crippen LogP contribution in [-0.4, -0.2) is 22.0 Å². The molecule has 2 rings (SSSR count). The van der Waals surface area contributed by atoms with Crippen LogP contribution in [0.3, 0.4) is 0 Å². The van der Waals surface area contributed by atoms with E-state index in [9.17, 15) is 4.79 Å². The van der Waals surface area contributed by atoms with Gasteiger partial charge in [-0.15, -0.1) is 0 Å². The Labute approximate surface area is 112 Å². The van der Waals surface area contributed by atoms with Crippen LogP contribution < -0.4 is 11.1 Å². The van der Waals surface area contributed by atoms with E-state index in [1.165, 1.54) is 0 Å². The van der Waals surface area contributed by atoms with Crippen LogP contribution in [-0.2, 0) is 13.5 Å². The van der Waals surface area contributed by atoms with Crippen LogP contribution in [0.25, 0.3) is 0 Å². The molecule has 0 aliphatic carbocycles. The predicted octanol–water partition coefficient (Wildman–Crippen LogP) is 1.28. The lowest BCUT2D eigenvalue weighted by Gasteiger charge is -2.07. The van der Waals surface area contributed by atoms with Crippen LogP contribution >= 0.6 is 0 Å². The summed E-state index contributed by atoms with van der Waals surface area (Å²) in [4.78, 5) is 16.2. The molecular weight excluding hydrogens is 240 g/mol. The third-order valence-corrected chi connectivity index (χ3v) is 2.92. The third-order valence-electron chi connectivity index (χ3n) is 2.92. The predicted molar refractivity (Wildman–Crippen MR) is 74.8 cm³/mol. The zero-order valence-electron chi connectivity index (χ0n) is 11.2. The Morgan fingerprint density at radius 2 is 2.21 bits per heavy atom. The third kappa shape index (κ3) is 3.34. The minimum Gasteiger partial charge on any atom is -0.399 e. The number of hydrogen-bond donors (Lipinski definition) is 2. The lowest BCUT2D eigenvalue weighted by atomic mass is 10.1. The molecule has 3 N–H and O–H groups in total. The molecule has 19 heavy (non-hydrogen) atoms. The molecule has 0 fully saturated rings. The van der Waals surface area contributed by atoms with Gasteiger partial charge in [0.25, 0.3) is 5.91 Å². The fourth-order valence-corrected chi connectivity index (χ4v) is 1.97. The highest BCUT2D eigenvalue weighted by molar-refractivity contribution is 5.95. The van der Waals surface area contributed by atoms with E-state index in [1.54, 1.807) is 12.3 Å². The zero-order chi connectivity index (χ0) is 13.8. The number of benzene rings is 1. The molecule has 0 aliphatic heterocycles. The van der Waals surface area contributed by atoms with E-state index in [1.807, 2.05) is 36.9 Å². The summed E-state index contributed by atoms with van der Waals surface area (Å²) in [5, 5.41) is 2.87. The number of aromatic nitrogens is 2. The molecule has 1 aromatic heterocycles. The summed E-state index contributed by atoms with van der Waals surface area (Å²) < 4.78 is 1.94. The number of nitrogens with zero attached hydrogens (tertiary/aromatic N) is 2. The van der Waals surface area contributed by atoms with Gasteiger partial charge in [-0.3, -0.25) is 4.79 Å². The van der Waals surface area contributed by atoms with Crippen molar-refractivity contribution in [3.8, 4) is 0 Å². The van der Waals surface area contributed by atoms with Gasteiger partial charge in [-0.05, 0) is 30.7 Å². The maximum atomic E-state index is 12.0. The minimum absolute atomic E-state index is 0.107. The van der Waals surface area contributed by atoms with E-state index < -0.39 is 0 Å². The standard InChI is InChI=1S/C14H18N4O/c1-10-7-11(9-12(15)8-10)14(19)17-4-3-13-16-5-6-18(13)2/h5-9H,3-4,15H2,1-2H3,(H,17,19).